The summed E-state index contributed by atoms with van der Waals surface area (Å²) in [5, 5.41) is 1.15. The number of hydrogen-bond acceptors (Lipinski definition) is 2. The summed E-state index contributed by atoms with van der Waals surface area (Å²) < 4.78 is 0. The van der Waals surface area contributed by atoms with Gasteiger partial charge in [-0.3, -0.25) is 0 Å². The molecule has 15 heavy (non-hydrogen) atoms. The van der Waals surface area contributed by atoms with Gasteiger partial charge < -0.3 is 5.73 Å². The van der Waals surface area contributed by atoms with Crippen LogP contribution in [0.15, 0.2) is 18.2 Å². The van der Waals surface area contributed by atoms with Crippen LogP contribution in [0, 0.1) is 0 Å². The van der Waals surface area contributed by atoms with Gasteiger partial charge in [0.05, 0.1) is 10.0 Å². The van der Waals surface area contributed by atoms with E-state index in [0.29, 0.717) is 10.0 Å². The molecule has 0 aromatic heterocycles. The average molecular weight is 264 g/mol. The van der Waals surface area contributed by atoms with Gasteiger partial charge in [0.2, 0.25) is 0 Å². The fraction of sp³-hybridized carbons (Fsp3) is 0.455. The normalized spacial score (nSPS) is 12.8. The molecule has 0 radical (unpaired) electrons. The van der Waals surface area contributed by atoms with Crippen LogP contribution < -0.4 is 5.73 Å². The lowest BCUT2D eigenvalue weighted by molar-refractivity contribution is 0.830. The van der Waals surface area contributed by atoms with Crippen molar-refractivity contribution in [3.63, 3.8) is 0 Å². The zero-order valence-electron chi connectivity index (χ0n) is 8.67. The SMILES string of the molecule is CCCSCC(N)c1ccc(Cl)c(Cl)c1. The summed E-state index contributed by atoms with van der Waals surface area (Å²) in [5.41, 5.74) is 7.08. The van der Waals surface area contributed by atoms with E-state index in [0.717, 1.165) is 17.1 Å². The molecule has 0 saturated heterocycles. The Morgan fingerprint density at radius 1 is 1.33 bits per heavy atom. The molecular weight excluding hydrogens is 249 g/mol. The van der Waals surface area contributed by atoms with Gasteiger partial charge in [0.1, 0.15) is 0 Å². The minimum atomic E-state index is 0.0383. The molecule has 1 unspecified atom stereocenters. The monoisotopic (exact) mass is 263 g/mol. The van der Waals surface area contributed by atoms with Crippen molar-refractivity contribution in [3.8, 4) is 0 Å². The zero-order chi connectivity index (χ0) is 11.3. The van der Waals surface area contributed by atoms with Crippen LogP contribution in [-0.2, 0) is 0 Å². The maximum atomic E-state index is 6.03. The van der Waals surface area contributed by atoms with E-state index in [1.165, 1.54) is 6.42 Å². The smallest absolute Gasteiger partial charge is 0.0595 e. The summed E-state index contributed by atoms with van der Waals surface area (Å²) in [5.74, 6) is 2.07. The van der Waals surface area contributed by atoms with E-state index >= 15 is 0 Å². The predicted molar refractivity (Wildman–Crippen MR) is 71.0 cm³/mol. The Hall–Kier alpha value is 0.110. The second kappa shape index (κ2) is 6.64. The van der Waals surface area contributed by atoms with Gasteiger partial charge in [-0.2, -0.15) is 11.8 Å². The molecule has 1 rings (SSSR count). The first-order valence-corrected chi connectivity index (χ1v) is 6.84. The van der Waals surface area contributed by atoms with Crippen LogP contribution in [0.2, 0.25) is 10.0 Å². The van der Waals surface area contributed by atoms with Crippen molar-refractivity contribution in [2.45, 2.75) is 19.4 Å². The summed E-state index contributed by atoms with van der Waals surface area (Å²) in [7, 11) is 0. The first-order valence-electron chi connectivity index (χ1n) is 4.93. The number of thioether (sulfide) groups is 1. The molecule has 0 aliphatic heterocycles. The third-order valence-electron chi connectivity index (χ3n) is 2.02. The molecule has 1 atom stereocenters. The van der Waals surface area contributed by atoms with Crippen molar-refractivity contribution in [1.29, 1.82) is 0 Å². The van der Waals surface area contributed by atoms with Crippen molar-refractivity contribution in [2.24, 2.45) is 5.73 Å². The first-order chi connectivity index (χ1) is 7.15. The Morgan fingerprint density at radius 3 is 2.67 bits per heavy atom. The molecule has 2 N–H and O–H groups in total. The van der Waals surface area contributed by atoms with Gasteiger partial charge in [-0.15, -0.1) is 0 Å². The fourth-order valence-corrected chi connectivity index (χ4v) is 2.40. The summed E-state index contributed by atoms with van der Waals surface area (Å²) in [6, 6.07) is 5.62. The zero-order valence-corrected chi connectivity index (χ0v) is 11.0. The Labute approximate surface area is 105 Å². The lowest BCUT2D eigenvalue weighted by Crippen LogP contribution is -2.13. The third kappa shape index (κ3) is 4.23. The van der Waals surface area contributed by atoms with E-state index < -0.39 is 0 Å². The molecule has 1 nitrogen and oxygen atoms in total. The van der Waals surface area contributed by atoms with Gasteiger partial charge in [0.15, 0.2) is 0 Å². The highest BCUT2D eigenvalue weighted by molar-refractivity contribution is 7.99. The molecule has 1 aromatic rings. The molecule has 0 spiro atoms. The third-order valence-corrected chi connectivity index (χ3v) is 4.05. The Morgan fingerprint density at radius 2 is 2.07 bits per heavy atom. The van der Waals surface area contributed by atoms with Crippen LogP contribution in [0.3, 0.4) is 0 Å². The molecule has 0 aliphatic carbocycles. The molecule has 0 amide bonds. The van der Waals surface area contributed by atoms with Crippen LogP contribution in [0.4, 0.5) is 0 Å². The van der Waals surface area contributed by atoms with E-state index in [2.05, 4.69) is 6.92 Å². The maximum absolute atomic E-state index is 6.03. The summed E-state index contributed by atoms with van der Waals surface area (Å²) in [6.07, 6.45) is 1.18. The van der Waals surface area contributed by atoms with E-state index in [9.17, 15) is 0 Å². The summed E-state index contributed by atoms with van der Waals surface area (Å²) in [4.78, 5) is 0. The van der Waals surface area contributed by atoms with Crippen molar-refractivity contribution in [2.75, 3.05) is 11.5 Å². The molecule has 0 fully saturated rings. The minimum absolute atomic E-state index is 0.0383. The van der Waals surface area contributed by atoms with Gasteiger partial charge in [0, 0.05) is 11.8 Å². The van der Waals surface area contributed by atoms with Crippen LogP contribution in [0.5, 0.6) is 0 Å². The van der Waals surface area contributed by atoms with Gasteiger partial charge in [-0.25, -0.2) is 0 Å². The maximum Gasteiger partial charge on any atom is 0.0595 e. The molecule has 4 heteroatoms. The lowest BCUT2D eigenvalue weighted by atomic mass is 10.1. The van der Waals surface area contributed by atoms with Gasteiger partial charge in [0.25, 0.3) is 0 Å². The molecule has 84 valence electrons. The van der Waals surface area contributed by atoms with Crippen molar-refractivity contribution in [1.82, 2.24) is 0 Å². The molecule has 0 bridgehead atoms. The van der Waals surface area contributed by atoms with E-state index in [-0.39, 0.29) is 6.04 Å². The van der Waals surface area contributed by atoms with Crippen molar-refractivity contribution in [3.05, 3.63) is 33.8 Å². The number of benzene rings is 1. The highest BCUT2D eigenvalue weighted by atomic mass is 35.5. The average Bonchev–Trinajstić information content (AvgIpc) is 2.22. The van der Waals surface area contributed by atoms with Crippen LogP contribution in [0.1, 0.15) is 24.9 Å². The molecule has 0 aliphatic rings. The summed E-state index contributed by atoms with van der Waals surface area (Å²) >= 11 is 13.6. The number of nitrogens with two attached hydrogens (primary N) is 1. The molecule has 0 saturated carbocycles. The van der Waals surface area contributed by atoms with Gasteiger partial charge in [-0.1, -0.05) is 36.2 Å². The van der Waals surface area contributed by atoms with E-state index in [1.807, 2.05) is 23.9 Å². The minimum Gasteiger partial charge on any atom is -0.323 e. The highest BCUT2D eigenvalue weighted by Gasteiger charge is 2.07. The largest absolute Gasteiger partial charge is 0.323 e. The van der Waals surface area contributed by atoms with Crippen molar-refractivity contribution >= 4 is 35.0 Å². The van der Waals surface area contributed by atoms with Crippen LogP contribution >= 0.6 is 35.0 Å². The molecule has 0 heterocycles. The Bertz CT molecular complexity index is 317. The molecule has 1 aromatic carbocycles. The second-order valence-electron chi connectivity index (χ2n) is 3.35. The number of rotatable bonds is 5. The second-order valence-corrected chi connectivity index (χ2v) is 5.32. The van der Waals surface area contributed by atoms with E-state index in [1.54, 1.807) is 6.07 Å². The topological polar surface area (TPSA) is 26.0 Å². The van der Waals surface area contributed by atoms with Crippen molar-refractivity contribution < 1.29 is 0 Å². The molecular formula is C11H15Cl2NS. The fourth-order valence-electron chi connectivity index (χ4n) is 1.19. The van der Waals surface area contributed by atoms with Crippen LogP contribution in [-0.4, -0.2) is 11.5 Å². The van der Waals surface area contributed by atoms with Crippen LogP contribution in [0.25, 0.3) is 0 Å². The highest BCUT2D eigenvalue weighted by Crippen LogP contribution is 2.26. The van der Waals surface area contributed by atoms with E-state index in [4.69, 9.17) is 28.9 Å². The number of hydrogen-bond donors (Lipinski definition) is 1. The quantitative estimate of drug-likeness (QED) is 0.809. The Balaban J connectivity index is 2.57. The first kappa shape index (κ1) is 13.2. The standard InChI is InChI=1S/C11H15Cl2NS/c1-2-5-15-7-11(14)8-3-4-9(12)10(13)6-8/h3-4,6,11H,2,5,7,14H2,1H3. The predicted octanol–water partition coefficient (Wildman–Crippen LogP) is 4.14. The van der Waals surface area contributed by atoms with Gasteiger partial charge >= 0.3 is 0 Å². The lowest BCUT2D eigenvalue weighted by Gasteiger charge is -2.12. The number of halogens is 2. The Kier molecular flexibility index (Phi) is 5.83. The van der Waals surface area contributed by atoms with Gasteiger partial charge in [-0.05, 0) is 29.9 Å². The summed E-state index contributed by atoms with van der Waals surface area (Å²) in [6.45, 7) is 2.16.